The van der Waals surface area contributed by atoms with Crippen LogP contribution in [0.1, 0.15) is 49.1 Å². The molecule has 2 N–H and O–H groups in total. The summed E-state index contributed by atoms with van der Waals surface area (Å²) in [4.78, 5) is 11.1. The molecule has 0 heterocycles. The summed E-state index contributed by atoms with van der Waals surface area (Å²) in [5.74, 6) is -0.457. The van der Waals surface area contributed by atoms with Crippen LogP contribution in [0, 0.1) is 5.92 Å². The first-order chi connectivity index (χ1) is 9.97. The van der Waals surface area contributed by atoms with Crippen molar-refractivity contribution in [1.29, 1.82) is 0 Å². The third-order valence-corrected chi connectivity index (χ3v) is 5.06. The van der Waals surface area contributed by atoms with E-state index in [1.165, 1.54) is 0 Å². The second-order valence-electron chi connectivity index (χ2n) is 5.57. The average molecular weight is 331 g/mol. The monoisotopic (exact) mass is 330 g/mol. The first kappa shape index (κ1) is 16.5. The Bertz CT molecular complexity index is 540. The SMILES string of the molecule is O=C(O)C[C@@H](c1ccc(CS(=O)O)c(Cl)c1)C1CCCC1. The van der Waals surface area contributed by atoms with Crippen LogP contribution in [0.25, 0.3) is 0 Å². The van der Waals surface area contributed by atoms with E-state index >= 15 is 0 Å². The van der Waals surface area contributed by atoms with Crippen molar-refractivity contribution in [2.45, 2.75) is 43.8 Å². The first-order valence-corrected chi connectivity index (χ1v) is 8.70. The normalized spacial score (nSPS) is 18.6. The van der Waals surface area contributed by atoms with E-state index in [1.54, 1.807) is 12.1 Å². The lowest BCUT2D eigenvalue weighted by molar-refractivity contribution is -0.137. The second-order valence-corrected chi connectivity index (χ2v) is 6.90. The van der Waals surface area contributed by atoms with Crippen LogP contribution in [-0.2, 0) is 21.6 Å². The number of benzene rings is 1. The van der Waals surface area contributed by atoms with Crippen LogP contribution in [0.15, 0.2) is 18.2 Å². The number of carbonyl (C=O) groups is 1. The van der Waals surface area contributed by atoms with Gasteiger partial charge in [0.05, 0.1) is 12.2 Å². The van der Waals surface area contributed by atoms with Crippen molar-refractivity contribution in [2.24, 2.45) is 5.92 Å². The van der Waals surface area contributed by atoms with Crippen LogP contribution in [0.4, 0.5) is 0 Å². The molecule has 4 nitrogen and oxygen atoms in total. The Morgan fingerprint density at radius 3 is 2.57 bits per heavy atom. The van der Waals surface area contributed by atoms with Gasteiger partial charge in [0.1, 0.15) is 0 Å². The average Bonchev–Trinajstić information content (AvgIpc) is 2.91. The molecule has 0 aliphatic heterocycles. The van der Waals surface area contributed by atoms with Gasteiger partial charge in [0, 0.05) is 5.02 Å². The molecule has 1 aliphatic rings. The fourth-order valence-corrected chi connectivity index (χ4v) is 4.00. The highest BCUT2D eigenvalue weighted by Gasteiger charge is 2.28. The Balaban J connectivity index is 2.24. The minimum atomic E-state index is -1.93. The van der Waals surface area contributed by atoms with Gasteiger partial charge in [0.2, 0.25) is 0 Å². The van der Waals surface area contributed by atoms with Crippen molar-refractivity contribution in [3.05, 3.63) is 34.3 Å². The Labute approximate surface area is 131 Å². The van der Waals surface area contributed by atoms with Crippen LogP contribution in [0.2, 0.25) is 5.02 Å². The highest BCUT2D eigenvalue weighted by Crippen LogP contribution is 2.40. The summed E-state index contributed by atoms with van der Waals surface area (Å²) < 4.78 is 19.8. The van der Waals surface area contributed by atoms with Crippen LogP contribution in [0.5, 0.6) is 0 Å². The molecule has 1 unspecified atom stereocenters. The van der Waals surface area contributed by atoms with Crippen LogP contribution in [-0.4, -0.2) is 19.8 Å². The molecule has 1 saturated carbocycles. The summed E-state index contributed by atoms with van der Waals surface area (Å²) in [6.45, 7) is 0. The number of hydrogen-bond acceptors (Lipinski definition) is 2. The predicted molar refractivity (Wildman–Crippen MR) is 82.9 cm³/mol. The number of halogens is 1. The zero-order valence-electron chi connectivity index (χ0n) is 11.6. The quantitative estimate of drug-likeness (QED) is 0.778. The topological polar surface area (TPSA) is 74.6 Å². The van der Waals surface area contributed by atoms with Crippen molar-refractivity contribution >= 4 is 28.7 Å². The minimum Gasteiger partial charge on any atom is -0.481 e. The minimum absolute atomic E-state index is 0.00780. The number of rotatable bonds is 6. The van der Waals surface area contributed by atoms with E-state index in [1.807, 2.05) is 6.07 Å². The number of carboxylic acid groups (broad SMARTS) is 1. The number of hydrogen-bond donors (Lipinski definition) is 2. The van der Waals surface area contributed by atoms with Gasteiger partial charge in [0.25, 0.3) is 0 Å². The first-order valence-electron chi connectivity index (χ1n) is 7.05. The molecule has 1 aliphatic carbocycles. The summed E-state index contributed by atoms with van der Waals surface area (Å²) in [6, 6.07) is 5.34. The zero-order chi connectivity index (χ0) is 15.4. The molecule has 2 atom stereocenters. The van der Waals surface area contributed by atoms with Gasteiger partial charge >= 0.3 is 5.97 Å². The molecular weight excluding hydrogens is 312 g/mol. The maximum Gasteiger partial charge on any atom is 0.303 e. The molecule has 21 heavy (non-hydrogen) atoms. The smallest absolute Gasteiger partial charge is 0.303 e. The molecule has 6 heteroatoms. The van der Waals surface area contributed by atoms with Gasteiger partial charge in [-0.1, -0.05) is 36.6 Å². The van der Waals surface area contributed by atoms with E-state index in [-0.39, 0.29) is 18.1 Å². The lowest BCUT2D eigenvalue weighted by Gasteiger charge is -2.23. The van der Waals surface area contributed by atoms with Gasteiger partial charge in [-0.15, -0.1) is 0 Å². The zero-order valence-corrected chi connectivity index (χ0v) is 13.2. The maximum absolute atomic E-state index is 11.1. The maximum atomic E-state index is 11.1. The van der Waals surface area contributed by atoms with E-state index in [2.05, 4.69) is 0 Å². The Morgan fingerprint density at radius 1 is 1.38 bits per heavy atom. The van der Waals surface area contributed by atoms with Crippen molar-refractivity contribution in [3.63, 3.8) is 0 Å². The molecule has 1 fully saturated rings. The van der Waals surface area contributed by atoms with E-state index in [0.29, 0.717) is 16.5 Å². The largest absolute Gasteiger partial charge is 0.481 e. The molecule has 2 rings (SSSR count). The highest BCUT2D eigenvalue weighted by molar-refractivity contribution is 7.78. The van der Waals surface area contributed by atoms with Crippen LogP contribution < -0.4 is 0 Å². The lowest BCUT2D eigenvalue weighted by Crippen LogP contribution is -2.14. The standard InChI is InChI=1S/C15H19ClO4S/c16-14-7-11(5-6-12(14)9-21(19)20)13(8-15(17)18)10-3-1-2-4-10/h5-7,10,13H,1-4,8-9H2,(H,17,18)(H,19,20)/t13-/m1/s1. The van der Waals surface area contributed by atoms with Gasteiger partial charge < -0.3 is 9.66 Å². The summed E-state index contributed by atoms with van der Waals surface area (Å²) in [7, 11) is 0. The molecule has 1 aromatic carbocycles. The van der Waals surface area contributed by atoms with Crippen LogP contribution in [0.3, 0.4) is 0 Å². The molecule has 1 aromatic rings. The highest BCUT2D eigenvalue weighted by atomic mass is 35.5. The van der Waals surface area contributed by atoms with Gasteiger partial charge in [-0.25, -0.2) is 4.21 Å². The summed E-state index contributed by atoms with van der Waals surface area (Å²) in [5, 5.41) is 9.58. The third kappa shape index (κ3) is 4.53. The van der Waals surface area contributed by atoms with Crippen molar-refractivity contribution < 1.29 is 18.7 Å². The molecule has 0 saturated heterocycles. The molecule has 0 amide bonds. The van der Waals surface area contributed by atoms with E-state index in [4.69, 9.17) is 21.3 Å². The molecule has 0 spiro atoms. The van der Waals surface area contributed by atoms with Gasteiger partial charge in [-0.2, -0.15) is 0 Å². The van der Waals surface area contributed by atoms with Crippen molar-refractivity contribution in [2.75, 3.05) is 0 Å². The van der Waals surface area contributed by atoms with Gasteiger partial charge in [0.15, 0.2) is 11.1 Å². The summed E-state index contributed by atoms with van der Waals surface area (Å²) >= 11 is 4.23. The summed E-state index contributed by atoms with van der Waals surface area (Å²) in [6.07, 6.45) is 4.51. The summed E-state index contributed by atoms with van der Waals surface area (Å²) in [5.41, 5.74) is 1.53. The Morgan fingerprint density at radius 2 is 2.05 bits per heavy atom. The Kier molecular flexibility index (Phi) is 5.79. The number of aliphatic carboxylic acids is 1. The molecule has 116 valence electrons. The molecule has 0 aromatic heterocycles. The molecule has 0 radical (unpaired) electrons. The Hall–Kier alpha value is -0.910. The van der Waals surface area contributed by atoms with Crippen LogP contribution >= 0.6 is 11.6 Å². The van der Waals surface area contributed by atoms with Gasteiger partial charge in [-0.05, 0) is 41.9 Å². The fraction of sp³-hybridized carbons (Fsp3) is 0.533. The second kappa shape index (κ2) is 7.38. The molecular formula is C15H19ClO4S. The lowest BCUT2D eigenvalue weighted by atomic mass is 9.82. The number of carboxylic acids is 1. The van der Waals surface area contributed by atoms with Crippen molar-refractivity contribution in [3.8, 4) is 0 Å². The van der Waals surface area contributed by atoms with E-state index in [9.17, 15) is 9.00 Å². The van der Waals surface area contributed by atoms with E-state index < -0.39 is 17.0 Å². The third-order valence-electron chi connectivity index (χ3n) is 4.15. The molecule has 0 bridgehead atoms. The fourth-order valence-electron chi connectivity index (χ4n) is 3.15. The predicted octanol–water partition coefficient (Wildman–Crippen LogP) is 3.81. The van der Waals surface area contributed by atoms with Gasteiger partial charge in [-0.3, -0.25) is 4.79 Å². The van der Waals surface area contributed by atoms with Crippen molar-refractivity contribution in [1.82, 2.24) is 0 Å². The van der Waals surface area contributed by atoms with E-state index in [0.717, 1.165) is 31.2 Å².